The lowest BCUT2D eigenvalue weighted by Gasteiger charge is -2.16. The Balaban J connectivity index is 2.20. The first-order valence-electron chi connectivity index (χ1n) is 7.22. The summed E-state index contributed by atoms with van der Waals surface area (Å²) in [4.78, 5) is 0. The van der Waals surface area contributed by atoms with Crippen molar-refractivity contribution in [1.82, 2.24) is 0 Å². The molecular formula is C18H22BrN. The molecular weight excluding hydrogens is 310 g/mol. The molecule has 0 aliphatic carbocycles. The third-order valence-electron chi connectivity index (χ3n) is 3.73. The normalized spacial score (nSPS) is 12.4. The van der Waals surface area contributed by atoms with E-state index in [1.165, 1.54) is 35.1 Å². The molecule has 0 fully saturated rings. The van der Waals surface area contributed by atoms with E-state index in [-0.39, 0.29) is 6.04 Å². The van der Waals surface area contributed by atoms with E-state index < -0.39 is 0 Å². The van der Waals surface area contributed by atoms with Crippen molar-refractivity contribution in [3.8, 4) is 0 Å². The van der Waals surface area contributed by atoms with Crippen molar-refractivity contribution in [2.45, 2.75) is 39.2 Å². The summed E-state index contributed by atoms with van der Waals surface area (Å²) >= 11 is 3.52. The monoisotopic (exact) mass is 331 g/mol. The summed E-state index contributed by atoms with van der Waals surface area (Å²) in [6, 6.07) is 15.0. The number of hydrogen-bond donors (Lipinski definition) is 1. The highest BCUT2D eigenvalue weighted by molar-refractivity contribution is 9.10. The Labute approximate surface area is 130 Å². The molecule has 0 heterocycles. The standard InChI is InChI=1S/C18H22BrN/c1-3-4-5-14-7-9-15(10-8-14)18(20)17-12-16(19)11-6-13(17)2/h6-12,18H,3-5,20H2,1-2H3. The smallest absolute Gasteiger partial charge is 0.0554 e. The highest BCUT2D eigenvalue weighted by Gasteiger charge is 2.11. The van der Waals surface area contributed by atoms with Crippen molar-refractivity contribution < 1.29 is 0 Å². The molecule has 1 atom stereocenters. The molecule has 0 radical (unpaired) electrons. The fourth-order valence-corrected chi connectivity index (χ4v) is 2.78. The molecule has 1 nitrogen and oxygen atoms in total. The minimum atomic E-state index is -0.0623. The van der Waals surface area contributed by atoms with E-state index in [0.717, 1.165) is 10.9 Å². The molecule has 2 heteroatoms. The summed E-state index contributed by atoms with van der Waals surface area (Å²) < 4.78 is 1.08. The lowest BCUT2D eigenvalue weighted by Crippen LogP contribution is -2.13. The van der Waals surface area contributed by atoms with Gasteiger partial charge in [0.25, 0.3) is 0 Å². The van der Waals surface area contributed by atoms with Crippen LogP contribution in [0.25, 0.3) is 0 Å². The maximum Gasteiger partial charge on any atom is 0.0554 e. The third-order valence-corrected chi connectivity index (χ3v) is 4.23. The highest BCUT2D eigenvalue weighted by atomic mass is 79.9. The van der Waals surface area contributed by atoms with Gasteiger partial charge < -0.3 is 5.73 Å². The number of unbranched alkanes of at least 4 members (excludes halogenated alkanes) is 1. The van der Waals surface area contributed by atoms with Crippen LogP contribution in [0.3, 0.4) is 0 Å². The van der Waals surface area contributed by atoms with Crippen LogP contribution in [0.4, 0.5) is 0 Å². The Morgan fingerprint density at radius 2 is 1.80 bits per heavy atom. The van der Waals surface area contributed by atoms with Crippen LogP contribution in [0, 0.1) is 6.92 Å². The predicted octanol–water partition coefficient (Wildman–Crippen LogP) is 5.15. The Hall–Kier alpha value is -1.12. The van der Waals surface area contributed by atoms with Gasteiger partial charge in [-0.05, 0) is 54.2 Å². The number of hydrogen-bond acceptors (Lipinski definition) is 1. The van der Waals surface area contributed by atoms with Crippen LogP contribution in [0.1, 0.15) is 48.1 Å². The molecule has 0 aliphatic rings. The topological polar surface area (TPSA) is 26.0 Å². The first-order chi connectivity index (χ1) is 9.61. The lowest BCUT2D eigenvalue weighted by atomic mass is 9.94. The summed E-state index contributed by atoms with van der Waals surface area (Å²) in [5, 5.41) is 0. The number of benzene rings is 2. The van der Waals surface area contributed by atoms with E-state index in [2.05, 4.69) is 72.2 Å². The van der Waals surface area contributed by atoms with Crippen molar-refractivity contribution in [2.24, 2.45) is 5.73 Å². The second-order valence-electron chi connectivity index (χ2n) is 5.32. The molecule has 0 aromatic heterocycles. The van der Waals surface area contributed by atoms with Gasteiger partial charge in [-0.25, -0.2) is 0 Å². The molecule has 2 rings (SSSR count). The maximum atomic E-state index is 6.42. The number of nitrogens with two attached hydrogens (primary N) is 1. The Bertz CT molecular complexity index is 560. The van der Waals surface area contributed by atoms with Crippen molar-refractivity contribution in [3.63, 3.8) is 0 Å². The number of rotatable bonds is 5. The van der Waals surface area contributed by atoms with Gasteiger partial charge >= 0.3 is 0 Å². The summed E-state index contributed by atoms with van der Waals surface area (Å²) in [7, 11) is 0. The van der Waals surface area contributed by atoms with E-state index in [9.17, 15) is 0 Å². The minimum absolute atomic E-state index is 0.0623. The molecule has 0 spiro atoms. The van der Waals surface area contributed by atoms with Crippen LogP contribution in [0.5, 0.6) is 0 Å². The zero-order chi connectivity index (χ0) is 14.5. The quantitative estimate of drug-likeness (QED) is 0.805. The zero-order valence-corrected chi connectivity index (χ0v) is 13.8. The Morgan fingerprint density at radius 3 is 2.45 bits per heavy atom. The van der Waals surface area contributed by atoms with E-state index in [4.69, 9.17) is 5.73 Å². The summed E-state index contributed by atoms with van der Waals surface area (Å²) in [5.74, 6) is 0. The van der Waals surface area contributed by atoms with E-state index >= 15 is 0 Å². The van der Waals surface area contributed by atoms with Gasteiger partial charge in [0.1, 0.15) is 0 Å². The first-order valence-corrected chi connectivity index (χ1v) is 8.01. The summed E-state index contributed by atoms with van der Waals surface area (Å²) in [6.45, 7) is 4.33. The van der Waals surface area contributed by atoms with Gasteiger partial charge in [0.2, 0.25) is 0 Å². The maximum absolute atomic E-state index is 6.42. The average Bonchev–Trinajstić information content (AvgIpc) is 2.47. The van der Waals surface area contributed by atoms with Gasteiger partial charge in [-0.2, -0.15) is 0 Å². The van der Waals surface area contributed by atoms with Crippen LogP contribution in [0.15, 0.2) is 46.9 Å². The van der Waals surface area contributed by atoms with Crippen LogP contribution >= 0.6 is 15.9 Å². The van der Waals surface area contributed by atoms with E-state index in [0.29, 0.717) is 0 Å². The fourth-order valence-electron chi connectivity index (χ4n) is 2.40. The first kappa shape index (κ1) is 15.3. The molecule has 2 aromatic carbocycles. The molecule has 1 unspecified atom stereocenters. The Morgan fingerprint density at radius 1 is 1.10 bits per heavy atom. The molecule has 0 amide bonds. The summed E-state index contributed by atoms with van der Waals surface area (Å²) in [5.41, 5.74) is 11.4. The molecule has 0 saturated carbocycles. The fraction of sp³-hybridized carbons (Fsp3) is 0.333. The molecule has 20 heavy (non-hydrogen) atoms. The van der Waals surface area contributed by atoms with Crippen molar-refractivity contribution >= 4 is 15.9 Å². The second kappa shape index (κ2) is 7.05. The van der Waals surface area contributed by atoms with Crippen molar-refractivity contribution in [1.29, 1.82) is 0 Å². The molecule has 106 valence electrons. The van der Waals surface area contributed by atoms with E-state index in [1.807, 2.05) is 0 Å². The van der Waals surface area contributed by atoms with Crippen LogP contribution in [0.2, 0.25) is 0 Å². The predicted molar refractivity (Wildman–Crippen MR) is 90.0 cm³/mol. The highest BCUT2D eigenvalue weighted by Crippen LogP contribution is 2.26. The van der Waals surface area contributed by atoms with Gasteiger partial charge in [-0.3, -0.25) is 0 Å². The molecule has 0 bridgehead atoms. The number of halogens is 1. The molecule has 0 saturated heterocycles. The van der Waals surface area contributed by atoms with Crippen molar-refractivity contribution in [3.05, 3.63) is 69.2 Å². The second-order valence-corrected chi connectivity index (χ2v) is 6.24. The van der Waals surface area contributed by atoms with E-state index in [1.54, 1.807) is 0 Å². The van der Waals surface area contributed by atoms with Crippen LogP contribution in [-0.4, -0.2) is 0 Å². The molecule has 2 N–H and O–H groups in total. The Kier molecular flexibility index (Phi) is 5.38. The summed E-state index contributed by atoms with van der Waals surface area (Å²) in [6.07, 6.45) is 3.64. The molecule has 0 aliphatic heterocycles. The van der Waals surface area contributed by atoms with Gasteiger partial charge in [-0.15, -0.1) is 0 Å². The van der Waals surface area contributed by atoms with Crippen LogP contribution < -0.4 is 5.73 Å². The average molecular weight is 332 g/mol. The van der Waals surface area contributed by atoms with Crippen LogP contribution in [-0.2, 0) is 6.42 Å². The minimum Gasteiger partial charge on any atom is -0.320 e. The van der Waals surface area contributed by atoms with Crippen molar-refractivity contribution in [2.75, 3.05) is 0 Å². The van der Waals surface area contributed by atoms with Gasteiger partial charge in [0.05, 0.1) is 6.04 Å². The van der Waals surface area contributed by atoms with Gasteiger partial charge in [0.15, 0.2) is 0 Å². The van der Waals surface area contributed by atoms with Gasteiger partial charge in [0, 0.05) is 4.47 Å². The SMILES string of the molecule is CCCCc1ccc(C(N)c2cc(Br)ccc2C)cc1. The van der Waals surface area contributed by atoms with Gasteiger partial charge in [-0.1, -0.05) is 59.6 Å². The third kappa shape index (κ3) is 3.71. The molecule has 2 aromatic rings. The number of aryl methyl sites for hydroxylation is 2. The lowest BCUT2D eigenvalue weighted by molar-refractivity contribution is 0.792. The largest absolute Gasteiger partial charge is 0.320 e. The zero-order valence-electron chi connectivity index (χ0n) is 12.2.